The number of esters is 1. The highest BCUT2D eigenvalue weighted by Gasteiger charge is 2.29. The van der Waals surface area contributed by atoms with Crippen molar-refractivity contribution >= 4 is 28.9 Å². The van der Waals surface area contributed by atoms with E-state index < -0.39 is 0 Å². The van der Waals surface area contributed by atoms with Gasteiger partial charge in [0.1, 0.15) is 0 Å². The molecule has 1 saturated heterocycles. The predicted molar refractivity (Wildman–Crippen MR) is 78.7 cm³/mol. The Balaban J connectivity index is 1.93. The molecule has 1 aromatic rings. The molecule has 1 aliphatic heterocycles. The van der Waals surface area contributed by atoms with Crippen LogP contribution < -0.4 is 5.73 Å². The van der Waals surface area contributed by atoms with Gasteiger partial charge in [-0.25, -0.2) is 0 Å². The highest BCUT2D eigenvalue weighted by atomic mass is 32.1. The van der Waals surface area contributed by atoms with Gasteiger partial charge in [0.25, 0.3) is 5.91 Å². The van der Waals surface area contributed by atoms with E-state index in [-0.39, 0.29) is 17.8 Å². The smallest absolute Gasteiger partial charge is 0.309 e. The van der Waals surface area contributed by atoms with E-state index in [1.54, 1.807) is 17.9 Å². The SMILES string of the molecule is CCOC(=O)C1CCN(C(=O)c2cc(N)c(C)s2)CC1. The van der Waals surface area contributed by atoms with Crippen molar-refractivity contribution in [3.05, 3.63) is 15.8 Å². The second kappa shape index (κ2) is 6.26. The highest BCUT2D eigenvalue weighted by Crippen LogP contribution is 2.26. The number of hydrogen-bond donors (Lipinski definition) is 1. The number of ether oxygens (including phenoxy) is 1. The van der Waals surface area contributed by atoms with Crippen molar-refractivity contribution in [1.82, 2.24) is 4.90 Å². The molecule has 6 heteroatoms. The average molecular weight is 296 g/mol. The van der Waals surface area contributed by atoms with E-state index in [1.807, 2.05) is 6.92 Å². The predicted octanol–water partition coefficient (Wildman–Crippen LogP) is 2.05. The minimum Gasteiger partial charge on any atom is -0.466 e. The molecule has 110 valence electrons. The lowest BCUT2D eigenvalue weighted by Gasteiger charge is -2.30. The van der Waals surface area contributed by atoms with Crippen molar-refractivity contribution in [2.45, 2.75) is 26.7 Å². The number of anilines is 1. The number of hydrogen-bond acceptors (Lipinski definition) is 5. The van der Waals surface area contributed by atoms with Crippen LogP contribution in [-0.2, 0) is 9.53 Å². The Morgan fingerprint density at radius 3 is 2.60 bits per heavy atom. The van der Waals surface area contributed by atoms with Crippen LogP contribution in [0.3, 0.4) is 0 Å². The fourth-order valence-electron chi connectivity index (χ4n) is 2.34. The molecular weight excluding hydrogens is 276 g/mol. The Kier molecular flexibility index (Phi) is 4.65. The summed E-state index contributed by atoms with van der Waals surface area (Å²) in [6, 6.07) is 1.74. The third-order valence-corrected chi connectivity index (χ3v) is 4.62. The second-order valence-electron chi connectivity index (χ2n) is 4.94. The molecule has 2 N–H and O–H groups in total. The van der Waals surface area contributed by atoms with Crippen LogP contribution in [0.4, 0.5) is 5.69 Å². The first-order valence-electron chi connectivity index (χ1n) is 6.84. The molecule has 1 fully saturated rings. The molecule has 0 atom stereocenters. The summed E-state index contributed by atoms with van der Waals surface area (Å²) in [5, 5.41) is 0. The van der Waals surface area contributed by atoms with Gasteiger partial charge >= 0.3 is 5.97 Å². The van der Waals surface area contributed by atoms with Crippen LogP contribution in [0.1, 0.15) is 34.3 Å². The van der Waals surface area contributed by atoms with E-state index in [0.717, 1.165) is 4.88 Å². The molecule has 5 nitrogen and oxygen atoms in total. The molecule has 0 spiro atoms. The normalized spacial score (nSPS) is 16.2. The molecule has 0 unspecified atom stereocenters. The van der Waals surface area contributed by atoms with Crippen LogP contribution in [0.5, 0.6) is 0 Å². The Morgan fingerprint density at radius 1 is 1.45 bits per heavy atom. The number of carbonyl (C=O) groups is 2. The van der Waals surface area contributed by atoms with Crippen LogP contribution in [0.15, 0.2) is 6.07 Å². The molecule has 2 rings (SSSR count). The maximum absolute atomic E-state index is 12.3. The maximum atomic E-state index is 12.3. The first-order valence-corrected chi connectivity index (χ1v) is 7.66. The van der Waals surface area contributed by atoms with Crippen molar-refractivity contribution in [3.8, 4) is 0 Å². The number of nitrogen functional groups attached to an aromatic ring is 1. The number of rotatable bonds is 3. The zero-order chi connectivity index (χ0) is 14.7. The summed E-state index contributed by atoms with van der Waals surface area (Å²) >= 11 is 1.42. The van der Waals surface area contributed by atoms with Gasteiger partial charge in [-0.15, -0.1) is 11.3 Å². The summed E-state index contributed by atoms with van der Waals surface area (Å²) in [4.78, 5) is 27.4. The van der Waals surface area contributed by atoms with E-state index in [9.17, 15) is 9.59 Å². The van der Waals surface area contributed by atoms with Crippen molar-refractivity contribution in [2.24, 2.45) is 5.92 Å². The summed E-state index contributed by atoms with van der Waals surface area (Å²) in [6.07, 6.45) is 1.34. The Labute approximate surface area is 122 Å². The fourth-order valence-corrected chi connectivity index (χ4v) is 3.24. The van der Waals surface area contributed by atoms with Crippen LogP contribution in [0.25, 0.3) is 0 Å². The van der Waals surface area contributed by atoms with E-state index >= 15 is 0 Å². The number of piperidine rings is 1. The molecule has 2 heterocycles. The van der Waals surface area contributed by atoms with Crippen LogP contribution in [0.2, 0.25) is 0 Å². The first-order chi connectivity index (χ1) is 9.52. The first kappa shape index (κ1) is 14.8. The van der Waals surface area contributed by atoms with Gasteiger partial charge in [0.05, 0.1) is 17.4 Å². The molecule has 0 bridgehead atoms. The third-order valence-electron chi connectivity index (χ3n) is 3.57. The molecule has 0 aliphatic carbocycles. The topological polar surface area (TPSA) is 72.6 Å². The third kappa shape index (κ3) is 3.12. The quantitative estimate of drug-likeness (QED) is 0.867. The van der Waals surface area contributed by atoms with E-state index in [2.05, 4.69) is 0 Å². The van der Waals surface area contributed by atoms with Gasteiger partial charge in [0, 0.05) is 23.7 Å². The standard InChI is InChI=1S/C14H20N2O3S/c1-3-19-14(18)10-4-6-16(7-5-10)13(17)12-8-11(15)9(2)20-12/h8,10H,3-7,15H2,1-2H3. The number of thiophene rings is 1. The van der Waals surface area contributed by atoms with Gasteiger partial charge in [0.2, 0.25) is 0 Å². The largest absolute Gasteiger partial charge is 0.466 e. The van der Waals surface area contributed by atoms with Gasteiger partial charge in [-0.05, 0) is 32.8 Å². The molecule has 20 heavy (non-hydrogen) atoms. The van der Waals surface area contributed by atoms with Gasteiger partial charge < -0.3 is 15.4 Å². The lowest BCUT2D eigenvalue weighted by atomic mass is 9.97. The number of aryl methyl sites for hydroxylation is 1. The Hall–Kier alpha value is -1.56. The lowest BCUT2D eigenvalue weighted by Crippen LogP contribution is -2.40. The average Bonchev–Trinajstić information content (AvgIpc) is 2.78. The summed E-state index contributed by atoms with van der Waals surface area (Å²) in [7, 11) is 0. The molecule has 1 aliphatic rings. The summed E-state index contributed by atoms with van der Waals surface area (Å²) in [5.74, 6) is -0.206. The van der Waals surface area contributed by atoms with Crippen LogP contribution >= 0.6 is 11.3 Å². The van der Waals surface area contributed by atoms with Gasteiger partial charge in [0.15, 0.2) is 0 Å². The maximum Gasteiger partial charge on any atom is 0.309 e. The minimum atomic E-state index is -0.143. The van der Waals surface area contributed by atoms with Crippen molar-refractivity contribution in [1.29, 1.82) is 0 Å². The van der Waals surface area contributed by atoms with Gasteiger partial charge in [-0.2, -0.15) is 0 Å². The van der Waals surface area contributed by atoms with Crippen LogP contribution in [-0.4, -0.2) is 36.5 Å². The number of carbonyl (C=O) groups excluding carboxylic acids is 2. The van der Waals surface area contributed by atoms with E-state index in [0.29, 0.717) is 43.1 Å². The monoisotopic (exact) mass is 296 g/mol. The highest BCUT2D eigenvalue weighted by molar-refractivity contribution is 7.14. The number of likely N-dealkylation sites (tertiary alicyclic amines) is 1. The van der Waals surface area contributed by atoms with Gasteiger partial charge in [-0.3, -0.25) is 9.59 Å². The van der Waals surface area contributed by atoms with Crippen molar-refractivity contribution < 1.29 is 14.3 Å². The van der Waals surface area contributed by atoms with Gasteiger partial charge in [-0.1, -0.05) is 0 Å². The molecule has 0 radical (unpaired) electrons. The number of nitrogens with zero attached hydrogens (tertiary/aromatic N) is 1. The molecule has 0 aromatic carbocycles. The minimum absolute atomic E-state index is 0.0112. The van der Waals surface area contributed by atoms with E-state index in [1.165, 1.54) is 11.3 Å². The van der Waals surface area contributed by atoms with E-state index in [4.69, 9.17) is 10.5 Å². The fraction of sp³-hybridized carbons (Fsp3) is 0.571. The molecule has 1 amide bonds. The number of amides is 1. The Bertz CT molecular complexity index is 485. The zero-order valence-corrected chi connectivity index (χ0v) is 12.7. The molecular formula is C14H20N2O3S. The summed E-state index contributed by atoms with van der Waals surface area (Å²) in [5.41, 5.74) is 6.45. The lowest BCUT2D eigenvalue weighted by molar-refractivity contribution is -0.149. The molecule has 1 aromatic heterocycles. The van der Waals surface area contributed by atoms with Crippen molar-refractivity contribution in [3.63, 3.8) is 0 Å². The van der Waals surface area contributed by atoms with Crippen LogP contribution in [0, 0.1) is 12.8 Å². The van der Waals surface area contributed by atoms with Crippen molar-refractivity contribution in [2.75, 3.05) is 25.4 Å². The Morgan fingerprint density at radius 2 is 2.10 bits per heavy atom. The summed E-state index contributed by atoms with van der Waals surface area (Å²) in [6.45, 7) is 5.31. The zero-order valence-electron chi connectivity index (χ0n) is 11.8. The second-order valence-corrected chi connectivity index (χ2v) is 6.20. The summed E-state index contributed by atoms with van der Waals surface area (Å²) < 4.78 is 5.02. The molecule has 0 saturated carbocycles. The number of nitrogens with two attached hydrogens (primary N) is 1.